The van der Waals surface area contributed by atoms with Crippen LogP contribution >= 0.6 is 11.6 Å². The molecule has 4 heterocycles. The zero-order chi connectivity index (χ0) is 25.9. The van der Waals surface area contributed by atoms with Crippen molar-refractivity contribution >= 4 is 34.6 Å². The maximum Gasteiger partial charge on any atom is 0.284 e. The van der Waals surface area contributed by atoms with Crippen LogP contribution < -0.4 is 10.3 Å². The molecule has 10 nitrogen and oxygen atoms in total. The van der Waals surface area contributed by atoms with Crippen molar-refractivity contribution in [3.63, 3.8) is 0 Å². The first-order valence-corrected chi connectivity index (χ1v) is 12.0. The molecule has 1 aromatic carbocycles. The zero-order valence-corrected chi connectivity index (χ0v) is 20.8. The van der Waals surface area contributed by atoms with Crippen LogP contribution in [0.1, 0.15) is 26.4 Å². The normalized spacial score (nSPS) is 13.6. The van der Waals surface area contributed by atoms with Crippen molar-refractivity contribution in [3.05, 3.63) is 93.3 Å². The molecule has 0 spiro atoms. The van der Waals surface area contributed by atoms with Gasteiger partial charge in [-0.2, -0.15) is 0 Å². The smallest absolute Gasteiger partial charge is 0.284 e. The van der Waals surface area contributed by atoms with Crippen LogP contribution in [0.2, 0.25) is 5.15 Å². The number of carbonyl (C=O) groups excluding carboxylic acids is 2. The molecule has 1 aliphatic rings. The molecule has 3 aromatic heterocycles. The second-order valence-corrected chi connectivity index (χ2v) is 8.85. The summed E-state index contributed by atoms with van der Waals surface area (Å²) in [6.45, 7) is 1.33. The molecule has 0 unspecified atom stereocenters. The van der Waals surface area contributed by atoms with E-state index in [1.54, 1.807) is 47.4 Å². The van der Waals surface area contributed by atoms with Gasteiger partial charge in [-0.3, -0.25) is 19.0 Å². The number of amides is 2. The van der Waals surface area contributed by atoms with Crippen LogP contribution in [-0.2, 0) is 6.54 Å². The summed E-state index contributed by atoms with van der Waals surface area (Å²) in [6.07, 6.45) is 3.01. The molecule has 188 valence electrons. The highest BCUT2D eigenvalue weighted by Crippen LogP contribution is 2.20. The topological polar surface area (TPSA) is 111 Å². The van der Waals surface area contributed by atoms with Crippen LogP contribution in [0.3, 0.4) is 0 Å². The molecule has 11 heteroatoms. The molecule has 0 N–H and O–H groups in total. The van der Waals surface area contributed by atoms with Gasteiger partial charge in [0, 0.05) is 44.1 Å². The van der Waals surface area contributed by atoms with Crippen LogP contribution in [0.5, 0.6) is 5.75 Å². The molecule has 4 aromatic rings. The fourth-order valence-corrected chi connectivity index (χ4v) is 4.43. The minimum atomic E-state index is -0.534. The van der Waals surface area contributed by atoms with Gasteiger partial charge in [0.2, 0.25) is 0 Å². The highest BCUT2D eigenvalue weighted by Gasteiger charge is 2.29. The second-order valence-electron chi connectivity index (χ2n) is 8.46. The Balaban J connectivity index is 1.40. The Labute approximate surface area is 217 Å². The fraction of sp³-hybridized carbons (Fsp3) is 0.231. The van der Waals surface area contributed by atoms with Crippen molar-refractivity contribution in [2.45, 2.75) is 6.54 Å². The number of ether oxygens (including phenoxy) is 1. The highest BCUT2D eigenvalue weighted by atomic mass is 35.5. The minimum absolute atomic E-state index is 0.163. The van der Waals surface area contributed by atoms with Gasteiger partial charge in [0.1, 0.15) is 16.4 Å². The summed E-state index contributed by atoms with van der Waals surface area (Å²) in [4.78, 5) is 55.7. The molecular weight excluding hydrogens is 496 g/mol. The van der Waals surface area contributed by atoms with Gasteiger partial charge in [-0.05, 0) is 30.3 Å². The Kier molecular flexibility index (Phi) is 6.82. The molecular formula is C26H23ClN6O4. The van der Waals surface area contributed by atoms with E-state index in [9.17, 15) is 14.4 Å². The Hall–Kier alpha value is -4.31. The lowest BCUT2D eigenvalue weighted by Gasteiger charge is -2.34. The van der Waals surface area contributed by atoms with E-state index in [1.807, 2.05) is 24.3 Å². The first-order valence-electron chi connectivity index (χ1n) is 11.6. The summed E-state index contributed by atoms with van der Waals surface area (Å²) in [6, 6.07) is 14.0. The molecule has 1 saturated heterocycles. The quantitative estimate of drug-likeness (QED) is 0.373. The number of benzene rings is 1. The minimum Gasteiger partial charge on any atom is -0.496 e. The lowest BCUT2D eigenvalue weighted by atomic mass is 10.2. The third kappa shape index (κ3) is 4.88. The van der Waals surface area contributed by atoms with E-state index >= 15 is 0 Å². The van der Waals surface area contributed by atoms with Crippen molar-refractivity contribution in [2.75, 3.05) is 33.3 Å². The second kappa shape index (κ2) is 10.4. The summed E-state index contributed by atoms with van der Waals surface area (Å²) in [5.74, 6) is -0.0463. The number of piperazine rings is 1. The van der Waals surface area contributed by atoms with Gasteiger partial charge in [0.15, 0.2) is 11.3 Å². The van der Waals surface area contributed by atoms with Crippen molar-refractivity contribution < 1.29 is 14.3 Å². The molecule has 0 radical (unpaired) electrons. The molecule has 0 bridgehead atoms. The molecule has 0 atom stereocenters. The number of fused-ring (bicyclic) bond motifs is 1. The number of methoxy groups -OCH3 is 1. The van der Waals surface area contributed by atoms with Gasteiger partial charge in [0.25, 0.3) is 17.4 Å². The van der Waals surface area contributed by atoms with E-state index in [-0.39, 0.29) is 31.2 Å². The zero-order valence-electron chi connectivity index (χ0n) is 20.0. The number of rotatable bonds is 5. The highest BCUT2D eigenvalue weighted by molar-refractivity contribution is 6.29. The van der Waals surface area contributed by atoms with E-state index in [2.05, 4.69) is 15.0 Å². The first-order chi connectivity index (χ1) is 18.0. The molecule has 1 aliphatic heterocycles. The van der Waals surface area contributed by atoms with E-state index < -0.39 is 11.5 Å². The van der Waals surface area contributed by atoms with Crippen molar-refractivity contribution in [1.29, 1.82) is 0 Å². The number of nitrogens with zero attached hydrogens (tertiary/aromatic N) is 6. The molecule has 1 fully saturated rings. The van der Waals surface area contributed by atoms with Crippen LogP contribution in [-0.4, -0.2) is 74.4 Å². The first kappa shape index (κ1) is 24.4. The number of hydrogen-bond donors (Lipinski definition) is 0. The predicted octanol–water partition coefficient (Wildman–Crippen LogP) is 2.50. The average Bonchev–Trinajstić information content (AvgIpc) is 2.94. The molecule has 2 amide bonds. The number of halogens is 1. The summed E-state index contributed by atoms with van der Waals surface area (Å²) in [7, 11) is 1.56. The molecule has 0 saturated carbocycles. The molecule has 37 heavy (non-hydrogen) atoms. The predicted molar refractivity (Wildman–Crippen MR) is 137 cm³/mol. The SMILES string of the molecule is COc1ccccc1Cn1c(=O)c(C(=O)N2CCN(C(=O)c3ccc(Cl)nc3)CC2)nc2cccnc21. The Bertz CT molecular complexity index is 1530. The number of aromatic nitrogens is 4. The number of carbonyl (C=O) groups is 2. The van der Waals surface area contributed by atoms with E-state index in [4.69, 9.17) is 16.3 Å². The maximum absolute atomic E-state index is 13.5. The number of pyridine rings is 2. The van der Waals surface area contributed by atoms with Crippen LogP contribution in [0.25, 0.3) is 11.2 Å². The lowest BCUT2D eigenvalue weighted by Crippen LogP contribution is -2.51. The van der Waals surface area contributed by atoms with Gasteiger partial charge in [-0.25, -0.2) is 15.0 Å². The third-order valence-electron chi connectivity index (χ3n) is 6.25. The van der Waals surface area contributed by atoms with E-state index in [0.29, 0.717) is 40.7 Å². The van der Waals surface area contributed by atoms with Crippen molar-refractivity contribution in [3.8, 4) is 5.75 Å². The van der Waals surface area contributed by atoms with Gasteiger partial charge in [-0.1, -0.05) is 29.8 Å². The lowest BCUT2D eigenvalue weighted by molar-refractivity contribution is 0.0531. The molecule has 5 rings (SSSR count). The number of para-hydroxylation sites is 1. The van der Waals surface area contributed by atoms with Gasteiger partial charge in [0.05, 0.1) is 19.2 Å². The standard InChI is InChI=1S/C26H23ClN6O4/c1-37-20-7-3-2-5-18(20)16-33-23-19(6-4-10-28-23)30-22(26(33)36)25(35)32-13-11-31(12-14-32)24(34)17-8-9-21(27)29-15-17/h2-10,15H,11-14,16H2,1H3. The van der Waals surface area contributed by atoms with Crippen LogP contribution in [0.4, 0.5) is 0 Å². The largest absolute Gasteiger partial charge is 0.496 e. The Morgan fingerprint density at radius 1 is 0.946 bits per heavy atom. The number of hydrogen-bond acceptors (Lipinski definition) is 7. The van der Waals surface area contributed by atoms with Crippen molar-refractivity contribution in [1.82, 2.24) is 29.3 Å². The summed E-state index contributed by atoms with van der Waals surface area (Å²) in [5.41, 5.74) is 1.29. The average molecular weight is 519 g/mol. The Morgan fingerprint density at radius 2 is 1.68 bits per heavy atom. The van der Waals surface area contributed by atoms with E-state index in [1.165, 1.54) is 10.8 Å². The van der Waals surface area contributed by atoms with Crippen molar-refractivity contribution in [2.24, 2.45) is 0 Å². The maximum atomic E-state index is 13.5. The third-order valence-corrected chi connectivity index (χ3v) is 6.48. The summed E-state index contributed by atoms with van der Waals surface area (Å²) < 4.78 is 6.89. The van der Waals surface area contributed by atoms with Gasteiger partial charge >= 0.3 is 0 Å². The van der Waals surface area contributed by atoms with Crippen LogP contribution in [0.15, 0.2) is 65.7 Å². The van der Waals surface area contributed by atoms with Crippen LogP contribution in [0, 0.1) is 0 Å². The monoisotopic (exact) mass is 518 g/mol. The molecule has 0 aliphatic carbocycles. The van der Waals surface area contributed by atoms with E-state index in [0.717, 1.165) is 5.56 Å². The summed E-state index contributed by atoms with van der Waals surface area (Å²) >= 11 is 5.81. The fourth-order valence-electron chi connectivity index (χ4n) is 4.31. The Morgan fingerprint density at radius 3 is 2.38 bits per heavy atom. The van der Waals surface area contributed by atoms with Gasteiger partial charge in [-0.15, -0.1) is 0 Å². The summed E-state index contributed by atoms with van der Waals surface area (Å²) in [5, 5.41) is 0.307. The van der Waals surface area contributed by atoms with Gasteiger partial charge < -0.3 is 14.5 Å².